The molecule has 0 aliphatic heterocycles. The number of aryl methyl sites for hydroxylation is 2. The number of nitrogens with zero attached hydrogens (tertiary/aromatic N) is 2. The van der Waals surface area contributed by atoms with Crippen molar-refractivity contribution in [2.24, 2.45) is 11.7 Å². The van der Waals surface area contributed by atoms with E-state index in [0.29, 0.717) is 18.0 Å². The van der Waals surface area contributed by atoms with Crippen LogP contribution in [0.3, 0.4) is 0 Å². The van der Waals surface area contributed by atoms with E-state index in [0.717, 1.165) is 11.3 Å². The summed E-state index contributed by atoms with van der Waals surface area (Å²) in [5.41, 5.74) is 7.08. The van der Waals surface area contributed by atoms with E-state index in [2.05, 4.69) is 9.97 Å². The van der Waals surface area contributed by atoms with Crippen molar-refractivity contribution < 1.29 is 9.53 Å². The molecule has 0 radical (unpaired) electrons. The van der Waals surface area contributed by atoms with E-state index in [1.165, 1.54) is 0 Å². The van der Waals surface area contributed by atoms with Crippen molar-refractivity contribution in [2.45, 2.75) is 38.7 Å². The summed E-state index contributed by atoms with van der Waals surface area (Å²) in [4.78, 5) is 20.3. The molecule has 1 aromatic heterocycles. The largest absolute Gasteiger partial charge is 0.486 e. The molecule has 1 heterocycles. The first-order chi connectivity index (χ1) is 10.9. The van der Waals surface area contributed by atoms with Crippen LogP contribution < -0.4 is 10.5 Å². The zero-order valence-electron chi connectivity index (χ0n) is 13.6. The normalized spacial score (nSPS) is 24.0. The van der Waals surface area contributed by atoms with Crippen LogP contribution in [0.25, 0.3) is 0 Å². The number of rotatable bonds is 5. The number of hydrogen-bond donors (Lipinski definition) is 1. The molecule has 1 aromatic carbocycles. The molecule has 0 saturated heterocycles. The van der Waals surface area contributed by atoms with Gasteiger partial charge in [-0.2, -0.15) is 0 Å². The summed E-state index contributed by atoms with van der Waals surface area (Å²) in [5, 5.41) is 0. The molecule has 1 saturated carbocycles. The molecule has 5 nitrogen and oxygen atoms in total. The van der Waals surface area contributed by atoms with Gasteiger partial charge in [-0.05, 0) is 32.8 Å². The van der Waals surface area contributed by atoms with Crippen LogP contribution in [-0.2, 0) is 10.2 Å². The summed E-state index contributed by atoms with van der Waals surface area (Å²) in [5.74, 6) is 0.878. The SMILES string of the molecule is Cc1ncc(OC(C)[C@@]2(c3ccccc3)C[C@H]2C(N)=O)c(C)n1. The Labute approximate surface area is 135 Å². The smallest absolute Gasteiger partial charge is 0.221 e. The summed E-state index contributed by atoms with van der Waals surface area (Å²) in [6.07, 6.45) is 2.20. The minimum absolute atomic E-state index is 0.201. The molecular formula is C18H21N3O2. The zero-order chi connectivity index (χ0) is 16.6. The molecular weight excluding hydrogens is 290 g/mol. The second-order valence-electron chi connectivity index (χ2n) is 6.19. The molecule has 1 aliphatic rings. The Balaban J connectivity index is 1.91. The lowest BCUT2D eigenvalue weighted by atomic mass is 9.88. The maximum absolute atomic E-state index is 11.8. The molecule has 0 bridgehead atoms. The van der Waals surface area contributed by atoms with Crippen molar-refractivity contribution in [3.05, 3.63) is 53.6 Å². The number of carbonyl (C=O) groups is 1. The minimum atomic E-state index is -0.371. The summed E-state index contributed by atoms with van der Waals surface area (Å²) in [6.45, 7) is 5.72. The lowest BCUT2D eigenvalue weighted by molar-refractivity contribution is -0.120. The fourth-order valence-electron chi connectivity index (χ4n) is 3.37. The van der Waals surface area contributed by atoms with Gasteiger partial charge in [0.05, 0.1) is 17.8 Å². The van der Waals surface area contributed by atoms with Crippen LogP contribution >= 0.6 is 0 Å². The minimum Gasteiger partial charge on any atom is -0.486 e. The number of benzene rings is 1. The Kier molecular flexibility index (Phi) is 3.80. The summed E-state index contributed by atoms with van der Waals surface area (Å²) in [6, 6.07) is 9.96. The van der Waals surface area contributed by atoms with Gasteiger partial charge >= 0.3 is 0 Å². The maximum atomic E-state index is 11.8. The van der Waals surface area contributed by atoms with Gasteiger partial charge in [0.25, 0.3) is 0 Å². The fraction of sp³-hybridized carbons (Fsp3) is 0.389. The van der Waals surface area contributed by atoms with Gasteiger partial charge in [0.15, 0.2) is 5.75 Å². The third kappa shape index (κ3) is 2.67. The molecule has 23 heavy (non-hydrogen) atoms. The summed E-state index contributed by atoms with van der Waals surface area (Å²) >= 11 is 0. The molecule has 0 spiro atoms. The van der Waals surface area contributed by atoms with Crippen molar-refractivity contribution >= 4 is 5.91 Å². The number of amides is 1. The first-order valence-electron chi connectivity index (χ1n) is 7.77. The fourth-order valence-corrected chi connectivity index (χ4v) is 3.37. The highest BCUT2D eigenvalue weighted by molar-refractivity contribution is 5.83. The van der Waals surface area contributed by atoms with Crippen LogP contribution in [0, 0.1) is 19.8 Å². The number of aromatic nitrogens is 2. The third-order valence-corrected chi connectivity index (χ3v) is 4.74. The maximum Gasteiger partial charge on any atom is 0.221 e. The van der Waals surface area contributed by atoms with Gasteiger partial charge in [-0.25, -0.2) is 9.97 Å². The summed E-state index contributed by atoms with van der Waals surface area (Å²) < 4.78 is 6.13. The first kappa shape index (κ1) is 15.5. The molecule has 2 N–H and O–H groups in total. The van der Waals surface area contributed by atoms with E-state index in [1.54, 1.807) is 6.20 Å². The average molecular weight is 311 g/mol. The van der Waals surface area contributed by atoms with E-state index in [-0.39, 0.29) is 23.3 Å². The van der Waals surface area contributed by atoms with Gasteiger partial charge in [0.2, 0.25) is 5.91 Å². The van der Waals surface area contributed by atoms with Crippen LogP contribution in [0.2, 0.25) is 0 Å². The van der Waals surface area contributed by atoms with Crippen molar-refractivity contribution in [2.75, 3.05) is 0 Å². The number of nitrogens with two attached hydrogens (primary N) is 1. The predicted molar refractivity (Wildman–Crippen MR) is 87.0 cm³/mol. The number of carbonyl (C=O) groups excluding carboxylic acids is 1. The van der Waals surface area contributed by atoms with Gasteiger partial charge in [-0.3, -0.25) is 4.79 Å². The first-order valence-corrected chi connectivity index (χ1v) is 7.77. The predicted octanol–water partition coefficient (Wildman–Crippen LogP) is 2.30. The van der Waals surface area contributed by atoms with E-state index < -0.39 is 0 Å². The molecule has 2 aromatic rings. The van der Waals surface area contributed by atoms with Gasteiger partial charge in [0, 0.05) is 5.41 Å². The van der Waals surface area contributed by atoms with Gasteiger partial charge in [0.1, 0.15) is 11.9 Å². The molecule has 1 unspecified atom stereocenters. The van der Waals surface area contributed by atoms with Crippen molar-refractivity contribution in [3.8, 4) is 5.75 Å². The monoisotopic (exact) mass is 311 g/mol. The average Bonchev–Trinajstić information content (AvgIpc) is 3.28. The van der Waals surface area contributed by atoms with Crippen LogP contribution in [0.15, 0.2) is 36.5 Å². The van der Waals surface area contributed by atoms with Crippen LogP contribution in [-0.4, -0.2) is 22.0 Å². The van der Waals surface area contributed by atoms with Crippen LogP contribution in [0.1, 0.15) is 30.4 Å². The van der Waals surface area contributed by atoms with Gasteiger partial charge in [-0.15, -0.1) is 0 Å². The molecule has 5 heteroatoms. The lowest BCUT2D eigenvalue weighted by Gasteiger charge is -2.26. The Hall–Kier alpha value is -2.43. The number of ether oxygens (including phenoxy) is 1. The molecule has 1 fully saturated rings. The Bertz CT molecular complexity index is 732. The third-order valence-electron chi connectivity index (χ3n) is 4.74. The second kappa shape index (κ2) is 5.65. The van der Waals surface area contributed by atoms with Crippen molar-refractivity contribution in [1.29, 1.82) is 0 Å². The standard InChI is InChI=1S/C18H21N3O2/c1-11-16(10-20-13(3)21-11)23-12(2)18(9-15(18)17(19)22)14-7-5-4-6-8-14/h4-8,10,12,15H,9H2,1-3H3,(H2,19,22)/t12?,15-,18+/m0/s1. The Morgan fingerprint density at radius 3 is 2.61 bits per heavy atom. The summed E-state index contributed by atoms with van der Waals surface area (Å²) in [7, 11) is 0. The quantitative estimate of drug-likeness (QED) is 0.919. The van der Waals surface area contributed by atoms with Crippen molar-refractivity contribution in [3.63, 3.8) is 0 Å². The molecule has 3 atom stereocenters. The number of hydrogen-bond acceptors (Lipinski definition) is 4. The van der Waals surface area contributed by atoms with E-state index >= 15 is 0 Å². The second-order valence-corrected chi connectivity index (χ2v) is 6.19. The van der Waals surface area contributed by atoms with E-state index in [9.17, 15) is 4.79 Å². The van der Waals surface area contributed by atoms with E-state index in [4.69, 9.17) is 10.5 Å². The molecule has 1 aliphatic carbocycles. The highest BCUT2D eigenvalue weighted by atomic mass is 16.5. The van der Waals surface area contributed by atoms with Gasteiger partial charge < -0.3 is 10.5 Å². The Morgan fingerprint density at radius 2 is 2.04 bits per heavy atom. The highest BCUT2D eigenvalue weighted by Crippen LogP contribution is 2.57. The molecule has 120 valence electrons. The molecule has 3 rings (SSSR count). The number of primary amides is 1. The van der Waals surface area contributed by atoms with Crippen molar-refractivity contribution in [1.82, 2.24) is 9.97 Å². The zero-order valence-corrected chi connectivity index (χ0v) is 13.6. The highest BCUT2D eigenvalue weighted by Gasteiger charge is 2.62. The molecule has 1 amide bonds. The van der Waals surface area contributed by atoms with E-state index in [1.807, 2.05) is 51.1 Å². The van der Waals surface area contributed by atoms with Crippen LogP contribution in [0.5, 0.6) is 5.75 Å². The van der Waals surface area contributed by atoms with Crippen LogP contribution in [0.4, 0.5) is 0 Å². The Morgan fingerprint density at radius 1 is 1.35 bits per heavy atom. The lowest BCUT2D eigenvalue weighted by Crippen LogP contribution is -2.34. The van der Waals surface area contributed by atoms with Gasteiger partial charge in [-0.1, -0.05) is 30.3 Å². The topological polar surface area (TPSA) is 78.1 Å².